The molecule has 0 amide bonds. The number of piperidine rings is 1. The molecule has 2 atom stereocenters. The zero-order valence-electron chi connectivity index (χ0n) is 15.7. The highest BCUT2D eigenvalue weighted by Gasteiger charge is 2.33. The van der Waals surface area contributed by atoms with E-state index in [1.165, 1.54) is 32.1 Å². The molecule has 140 valence electrons. The minimum absolute atomic E-state index is 0.672. The Morgan fingerprint density at radius 2 is 2.04 bits per heavy atom. The lowest BCUT2D eigenvalue weighted by Crippen LogP contribution is -2.43. The maximum atomic E-state index is 5.34. The number of rotatable bonds is 6. The second-order valence-corrected chi connectivity index (χ2v) is 7.64. The minimum Gasteiger partial charge on any atom is -0.383 e. The summed E-state index contributed by atoms with van der Waals surface area (Å²) in [6, 6.07) is 4.06. The molecule has 2 aromatic rings. The number of ether oxygens (including phenoxy) is 1. The largest absolute Gasteiger partial charge is 0.383 e. The van der Waals surface area contributed by atoms with Gasteiger partial charge in [-0.15, -0.1) is 10.2 Å². The van der Waals surface area contributed by atoms with Crippen molar-refractivity contribution in [3.8, 4) is 0 Å². The van der Waals surface area contributed by atoms with Crippen molar-refractivity contribution in [1.82, 2.24) is 19.7 Å². The summed E-state index contributed by atoms with van der Waals surface area (Å²) < 4.78 is 7.59. The molecule has 6 nitrogen and oxygen atoms in total. The molecule has 4 rings (SSSR count). The van der Waals surface area contributed by atoms with Gasteiger partial charge in [0.05, 0.1) is 13.2 Å². The van der Waals surface area contributed by atoms with Gasteiger partial charge in [0.2, 0.25) is 5.95 Å². The smallest absolute Gasteiger partial charge is 0.227 e. The molecule has 0 bridgehead atoms. The topological polar surface area (TPSA) is 56.1 Å². The van der Waals surface area contributed by atoms with Crippen LogP contribution in [0.1, 0.15) is 43.5 Å². The normalized spacial score (nSPS) is 23.0. The van der Waals surface area contributed by atoms with Crippen LogP contribution in [0, 0.1) is 11.8 Å². The van der Waals surface area contributed by atoms with E-state index in [1.807, 2.05) is 12.3 Å². The van der Waals surface area contributed by atoms with Crippen LogP contribution in [0.4, 0.5) is 5.95 Å². The lowest BCUT2D eigenvalue weighted by molar-refractivity contribution is 0.184. The molecule has 1 saturated heterocycles. The highest BCUT2D eigenvalue weighted by molar-refractivity contribution is 5.33. The Balaban J connectivity index is 1.55. The molecule has 1 aliphatic carbocycles. The number of hydrogen-bond donors (Lipinski definition) is 0. The van der Waals surface area contributed by atoms with Gasteiger partial charge < -0.3 is 9.64 Å². The third-order valence-corrected chi connectivity index (χ3v) is 5.99. The zero-order valence-corrected chi connectivity index (χ0v) is 15.7. The number of pyridine rings is 1. The first-order valence-electron chi connectivity index (χ1n) is 9.90. The van der Waals surface area contributed by atoms with Crippen molar-refractivity contribution in [1.29, 1.82) is 0 Å². The number of fused-ring (bicyclic) bond motifs is 1. The molecule has 0 spiro atoms. The van der Waals surface area contributed by atoms with Crippen LogP contribution in [0.3, 0.4) is 0 Å². The number of anilines is 1. The first kappa shape index (κ1) is 17.5. The van der Waals surface area contributed by atoms with E-state index in [9.17, 15) is 0 Å². The molecule has 1 saturated carbocycles. The molecule has 0 N–H and O–H groups in total. The van der Waals surface area contributed by atoms with Crippen LogP contribution >= 0.6 is 0 Å². The van der Waals surface area contributed by atoms with Crippen molar-refractivity contribution in [2.75, 3.05) is 31.7 Å². The zero-order chi connectivity index (χ0) is 17.8. The maximum absolute atomic E-state index is 5.34. The van der Waals surface area contributed by atoms with Gasteiger partial charge in [0.1, 0.15) is 5.82 Å². The van der Waals surface area contributed by atoms with Crippen LogP contribution in [0.15, 0.2) is 24.5 Å². The van der Waals surface area contributed by atoms with Crippen molar-refractivity contribution in [2.45, 2.75) is 45.1 Å². The average molecular weight is 355 g/mol. The Bertz CT molecular complexity index is 701. The van der Waals surface area contributed by atoms with Crippen LogP contribution in [0.25, 0.3) is 0 Å². The van der Waals surface area contributed by atoms with Gasteiger partial charge in [-0.25, -0.2) is 0 Å². The Morgan fingerprint density at radius 3 is 2.85 bits per heavy atom. The number of nitrogens with zero attached hydrogens (tertiary/aromatic N) is 5. The molecule has 2 unspecified atom stereocenters. The van der Waals surface area contributed by atoms with Gasteiger partial charge in [0.25, 0.3) is 0 Å². The molecule has 3 heterocycles. The van der Waals surface area contributed by atoms with E-state index >= 15 is 0 Å². The second kappa shape index (κ2) is 8.16. The first-order valence-corrected chi connectivity index (χ1v) is 9.90. The van der Waals surface area contributed by atoms with Crippen LogP contribution in [0.5, 0.6) is 0 Å². The van der Waals surface area contributed by atoms with Gasteiger partial charge >= 0.3 is 0 Å². The number of hydrogen-bond acceptors (Lipinski definition) is 5. The summed E-state index contributed by atoms with van der Waals surface area (Å²) in [6.45, 7) is 3.69. The van der Waals surface area contributed by atoms with Gasteiger partial charge in [0.15, 0.2) is 0 Å². The van der Waals surface area contributed by atoms with Crippen molar-refractivity contribution in [3.05, 3.63) is 35.9 Å². The third kappa shape index (κ3) is 3.75. The monoisotopic (exact) mass is 355 g/mol. The minimum atomic E-state index is 0.672. The highest BCUT2D eigenvalue weighted by atomic mass is 16.5. The Hall–Kier alpha value is -1.95. The standard InChI is InChI=1S/C20H29N5O/c1-26-12-11-25-19(13-16-5-4-9-21-14-16)22-23-20(25)24-10-8-17-6-2-3-7-18(17)15-24/h4-5,9,14,17-18H,2-3,6-8,10-13,15H2,1H3. The van der Waals surface area contributed by atoms with Gasteiger partial charge in [-0.3, -0.25) is 9.55 Å². The predicted molar refractivity (Wildman–Crippen MR) is 101 cm³/mol. The van der Waals surface area contributed by atoms with Crippen molar-refractivity contribution >= 4 is 5.95 Å². The maximum Gasteiger partial charge on any atom is 0.227 e. The molecule has 26 heavy (non-hydrogen) atoms. The molecular weight excluding hydrogens is 326 g/mol. The van der Waals surface area contributed by atoms with E-state index in [4.69, 9.17) is 4.74 Å². The van der Waals surface area contributed by atoms with Crippen molar-refractivity contribution in [2.24, 2.45) is 11.8 Å². The van der Waals surface area contributed by atoms with E-state index in [-0.39, 0.29) is 0 Å². The number of methoxy groups -OCH3 is 1. The summed E-state index contributed by atoms with van der Waals surface area (Å²) in [4.78, 5) is 6.68. The summed E-state index contributed by atoms with van der Waals surface area (Å²) >= 11 is 0. The van der Waals surface area contributed by atoms with Crippen molar-refractivity contribution < 1.29 is 4.74 Å². The van der Waals surface area contributed by atoms with E-state index in [0.717, 1.165) is 55.2 Å². The van der Waals surface area contributed by atoms with E-state index in [2.05, 4.69) is 30.7 Å². The fourth-order valence-electron chi connectivity index (χ4n) is 4.57. The Morgan fingerprint density at radius 1 is 1.15 bits per heavy atom. The fourth-order valence-corrected chi connectivity index (χ4v) is 4.57. The molecule has 0 aromatic carbocycles. The average Bonchev–Trinajstić information content (AvgIpc) is 3.09. The van der Waals surface area contributed by atoms with Crippen LogP contribution in [-0.2, 0) is 17.7 Å². The van der Waals surface area contributed by atoms with Gasteiger partial charge in [-0.1, -0.05) is 25.3 Å². The van der Waals surface area contributed by atoms with E-state index in [0.29, 0.717) is 6.61 Å². The van der Waals surface area contributed by atoms with Crippen molar-refractivity contribution in [3.63, 3.8) is 0 Å². The lowest BCUT2D eigenvalue weighted by atomic mass is 9.75. The first-order chi connectivity index (χ1) is 12.8. The summed E-state index contributed by atoms with van der Waals surface area (Å²) in [7, 11) is 1.75. The van der Waals surface area contributed by atoms with Crippen LogP contribution in [0.2, 0.25) is 0 Å². The molecular formula is C20H29N5O. The molecule has 2 fully saturated rings. The molecule has 6 heteroatoms. The fraction of sp³-hybridized carbons (Fsp3) is 0.650. The molecule has 1 aliphatic heterocycles. The number of aromatic nitrogens is 4. The predicted octanol–water partition coefficient (Wildman–Crippen LogP) is 2.93. The Kier molecular flexibility index (Phi) is 5.48. The van der Waals surface area contributed by atoms with Gasteiger partial charge in [-0.05, 0) is 36.3 Å². The molecule has 2 aromatic heterocycles. The summed E-state index contributed by atoms with van der Waals surface area (Å²) in [5, 5.41) is 9.12. The summed E-state index contributed by atoms with van der Waals surface area (Å²) in [6.07, 6.45) is 11.3. The van der Waals surface area contributed by atoms with E-state index in [1.54, 1.807) is 13.3 Å². The summed E-state index contributed by atoms with van der Waals surface area (Å²) in [5.41, 5.74) is 1.16. The molecule has 0 radical (unpaired) electrons. The second-order valence-electron chi connectivity index (χ2n) is 7.64. The van der Waals surface area contributed by atoms with Crippen LogP contribution < -0.4 is 4.90 Å². The quantitative estimate of drug-likeness (QED) is 0.797. The SMILES string of the molecule is COCCn1c(Cc2cccnc2)nnc1N1CCC2CCCCC2C1. The highest BCUT2D eigenvalue weighted by Crippen LogP contribution is 2.37. The molecule has 2 aliphatic rings. The van der Waals surface area contributed by atoms with E-state index < -0.39 is 0 Å². The third-order valence-electron chi connectivity index (χ3n) is 5.99. The lowest BCUT2D eigenvalue weighted by Gasteiger charge is -2.41. The van der Waals surface area contributed by atoms with Crippen LogP contribution in [-0.4, -0.2) is 46.6 Å². The Labute approximate surface area is 155 Å². The van der Waals surface area contributed by atoms with Gasteiger partial charge in [0, 0.05) is 39.0 Å². The summed E-state index contributed by atoms with van der Waals surface area (Å²) in [5.74, 6) is 3.76. The van der Waals surface area contributed by atoms with Gasteiger partial charge in [-0.2, -0.15) is 0 Å².